The van der Waals surface area contributed by atoms with Crippen molar-refractivity contribution in [2.45, 2.75) is 51.1 Å². The van der Waals surface area contributed by atoms with Crippen LogP contribution >= 0.6 is 0 Å². The van der Waals surface area contributed by atoms with E-state index in [1.165, 1.54) is 4.90 Å². The molecule has 0 aliphatic carbocycles. The molecule has 1 atom stereocenters. The monoisotopic (exact) mass is 412 g/mol. The summed E-state index contributed by atoms with van der Waals surface area (Å²) in [7, 11) is 0. The lowest BCUT2D eigenvalue weighted by atomic mass is 9.86. The van der Waals surface area contributed by atoms with Gasteiger partial charge >= 0.3 is 6.03 Å². The molecule has 1 unspecified atom stereocenters. The first-order valence-corrected chi connectivity index (χ1v) is 11.1. The van der Waals surface area contributed by atoms with E-state index >= 15 is 0 Å². The van der Waals surface area contributed by atoms with E-state index in [4.69, 9.17) is 0 Å². The number of benzene rings is 1. The van der Waals surface area contributed by atoms with Crippen LogP contribution in [-0.2, 0) is 4.79 Å². The Labute approximate surface area is 178 Å². The zero-order chi connectivity index (χ0) is 21.3. The topological polar surface area (TPSA) is 73.0 Å². The van der Waals surface area contributed by atoms with Crippen LogP contribution in [0.15, 0.2) is 30.3 Å². The van der Waals surface area contributed by atoms with Gasteiger partial charge in [0.15, 0.2) is 0 Å². The van der Waals surface area contributed by atoms with Gasteiger partial charge in [0.05, 0.1) is 6.04 Å². The minimum Gasteiger partial charge on any atom is -0.337 e. The third-order valence-corrected chi connectivity index (χ3v) is 6.60. The van der Waals surface area contributed by atoms with Crippen molar-refractivity contribution in [1.29, 1.82) is 0 Å². The first-order chi connectivity index (χ1) is 14.4. The van der Waals surface area contributed by atoms with Crippen LogP contribution in [0.1, 0.15) is 49.9 Å². The van der Waals surface area contributed by atoms with Crippen molar-refractivity contribution in [2.24, 2.45) is 5.92 Å². The van der Waals surface area contributed by atoms with Gasteiger partial charge in [-0.2, -0.15) is 0 Å². The normalized spacial score (nSPS) is 24.6. The van der Waals surface area contributed by atoms with Crippen molar-refractivity contribution in [3.8, 4) is 0 Å². The lowest BCUT2D eigenvalue weighted by Gasteiger charge is -2.39. The molecule has 0 saturated carbocycles. The van der Waals surface area contributed by atoms with Gasteiger partial charge in [-0.15, -0.1) is 0 Å². The Kier molecular flexibility index (Phi) is 5.82. The van der Waals surface area contributed by atoms with Crippen molar-refractivity contribution in [3.05, 3.63) is 35.9 Å². The highest BCUT2D eigenvalue weighted by Gasteiger charge is 2.54. The molecule has 1 aromatic carbocycles. The number of urea groups is 1. The Bertz CT molecular complexity index is 802. The largest absolute Gasteiger partial charge is 0.337 e. The molecule has 0 bridgehead atoms. The molecular weight excluding hydrogens is 380 g/mol. The molecular formula is C23H32N4O3. The molecule has 3 heterocycles. The number of carbonyl (C=O) groups is 3. The van der Waals surface area contributed by atoms with Gasteiger partial charge in [-0.3, -0.25) is 14.5 Å². The van der Waals surface area contributed by atoms with Gasteiger partial charge in [-0.25, -0.2) is 4.79 Å². The predicted octanol–water partition coefficient (Wildman–Crippen LogP) is 2.33. The summed E-state index contributed by atoms with van der Waals surface area (Å²) in [5.41, 5.74) is -0.125. The molecule has 1 aromatic rings. The lowest BCUT2D eigenvalue weighted by molar-refractivity contribution is -0.135. The summed E-state index contributed by atoms with van der Waals surface area (Å²) in [4.78, 5) is 44.7. The molecule has 7 heteroatoms. The summed E-state index contributed by atoms with van der Waals surface area (Å²) in [6.45, 7) is 8.11. The van der Waals surface area contributed by atoms with Gasteiger partial charge in [0.2, 0.25) is 0 Å². The van der Waals surface area contributed by atoms with Crippen LogP contribution in [0, 0.1) is 5.92 Å². The standard InChI is InChI=1S/C23H32N4O3/c1-17(2)15-25-13-10-23(11-14-25)21(29)27(22(30)24-23)19-9-6-12-26(16-19)20(28)18-7-4-3-5-8-18/h3-5,7-8,17,19H,6,9-16H2,1-2H3,(H,24,30). The number of carbonyl (C=O) groups excluding carboxylic acids is 3. The Morgan fingerprint density at radius 2 is 1.83 bits per heavy atom. The van der Waals surface area contributed by atoms with Gasteiger partial charge in [-0.1, -0.05) is 32.0 Å². The van der Waals surface area contributed by atoms with Crippen LogP contribution in [0.3, 0.4) is 0 Å². The number of imide groups is 1. The van der Waals surface area contributed by atoms with Gasteiger partial charge in [0.1, 0.15) is 5.54 Å². The van der Waals surface area contributed by atoms with E-state index in [1.54, 1.807) is 17.0 Å². The number of rotatable bonds is 4. The van der Waals surface area contributed by atoms with Crippen molar-refractivity contribution < 1.29 is 14.4 Å². The van der Waals surface area contributed by atoms with Crippen molar-refractivity contribution in [3.63, 3.8) is 0 Å². The highest BCUT2D eigenvalue weighted by atomic mass is 16.2. The molecule has 3 aliphatic heterocycles. The van der Waals surface area contributed by atoms with E-state index in [0.717, 1.165) is 32.5 Å². The number of amides is 4. The number of likely N-dealkylation sites (tertiary alicyclic amines) is 2. The van der Waals surface area contributed by atoms with Crippen LogP contribution in [0.25, 0.3) is 0 Å². The average molecular weight is 413 g/mol. The van der Waals surface area contributed by atoms with Crippen molar-refractivity contribution >= 4 is 17.8 Å². The zero-order valence-electron chi connectivity index (χ0n) is 18.0. The maximum atomic E-state index is 13.4. The number of nitrogens with one attached hydrogen (secondary N) is 1. The zero-order valence-corrected chi connectivity index (χ0v) is 18.0. The summed E-state index contributed by atoms with van der Waals surface area (Å²) < 4.78 is 0. The Morgan fingerprint density at radius 3 is 2.50 bits per heavy atom. The molecule has 4 amide bonds. The predicted molar refractivity (Wildman–Crippen MR) is 114 cm³/mol. The Balaban J connectivity index is 1.43. The average Bonchev–Trinajstić information content (AvgIpc) is 2.99. The van der Waals surface area contributed by atoms with Crippen LogP contribution in [0.5, 0.6) is 0 Å². The van der Waals surface area contributed by atoms with E-state index in [2.05, 4.69) is 24.1 Å². The van der Waals surface area contributed by atoms with Gasteiger partial charge in [0.25, 0.3) is 11.8 Å². The summed E-state index contributed by atoms with van der Waals surface area (Å²) >= 11 is 0. The van der Waals surface area contributed by atoms with Gasteiger partial charge in [0, 0.05) is 38.3 Å². The maximum absolute atomic E-state index is 13.4. The van der Waals surface area contributed by atoms with E-state index in [0.29, 0.717) is 37.4 Å². The fourth-order valence-electron chi connectivity index (χ4n) is 5.06. The summed E-state index contributed by atoms with van der Waals surface area (Å²) in [5, 5.41) is 3.02. The molecule has 7 nitrogen and oxygen atoms in total. The van der Waals surface area contributed by atoms with E-state index in [9.17, 15) is 14.4 Å². The van der Waals surface area contributed by atoms with Crippen LogP contribution in [0.2, 0.25) is 0 Å². The fourth-order valence-corrected chi connectivity index (χ4v) is 5.06. The minimum atomic E-state index is -0.768. The first-order valence-electron chi connectivity index (χ1n) is 11.1. The smallest absolute Gasteiger partial charge is 0.325 e. The van der Waals surface area contributed by atoms with Crippen LogP contribution < -0.4 is 5.32 Å². The highest BCUT2D eigenvalue weighted by Crippen LogP contribution is 2.32. The molecule has 0 aromatic heterocycles. The van der Waals surface area contributed by atoms with Gasteiger partial charge in [-0.05, 0) is 43.7 Å². The molecule has 30 heavy (non-hydrogen) atoms. The second kappa shape index (κ2) is 8.38. The number of piperidine rings is 2. The van der Waals surface area contributed by atoms with Crippen LogP contribution in [0.4, 0.5) is 4.79 Å². The van der Waals surface area contributed by atoms with Crippen molar-refractivity contribution in [1.82, 2.24) is 20.0 Å². The molecule has 3 fully saturated rings. The molecule has 1 spiro atoms. The number of nitrogens with zero attached hydrogens (tertiary/aromatic N) is 3. The first kappa shape index (κ1) is 20.8. The molecule has 3 aliphatic rings. The number of hydrogen-bond donors (Lipinski definition) is 1. The Morgan fingerprint density at radius 1 is 1.13 bits per heavy atom. The molecule has 3 saturated heterocycles. The molecule has 162 valence electrons. The molecule has 1 N–H and O–H groups in total. The highest BCUT2D eigenvalue weighted by molar-refractivity contribution is 6.07. The lowest BCUT2D eigenvalue weighted by Crippen LogP contribution is -2.56. The van der Waals surface area contributed by atoms with E-state index in [-0.39, 0.29) is 23.9 Å². The molecule has 4 rings (SSSR count). The third-order valence-electron chi connectivity index (χ3n) is 6.60. The maximum Gasteiger partial charge on any atom is 0.325 e. The summed E-state index contributed by atoms with van der Waals surface area (Å²) in [6.07, 6.45) is 2.84. The van der Waals surface area contributed by atoms with Crippen LogP contribution in [-0.4, -0.2) is 76.8 Å². The van der Waals surface area contributed by atoms with Gasteiger partial charge < -0.3 is 15.1 Å². The summed E-state index contributed by atoms with van der Waals surface area (Å²) in [6, 6.07) is 8.64. The van der Waals surface area contributed by atoms with E-state index in [1.807, 2.05) is 18.2 Å². The fraction of sp³-hybridized carbons (Fsp3) is 0.609. The van der Waals surface area contributed by atoms with Crippen molar-refractivity contribution in [2.75, 3.05) is 32.7 Å². The summed E-state index contributed by atoms with van der Waals surface area (Å²) in [5.74, 6) is 0.444. The quantitative estimate of drug-likeness (QED) is 0.771. The van der Waals surface area contributed by atoms with E-state index < -0.39 is 5.54 Å². The third kappa shape index (κ3) is 3.95. The molecule has 0 radical (unpaired) electrons. The number of hydrogen-bond acceptors (Lipinski definition) is 4. The SMILES string of the molecule is CC(C)CN1CCC2(CC1)NC(=O)N(C1CCCN(C(=O)c3ccccc3)C1)C2=O. The second-order valence-corrected chi connectivity index (χ2v) is 9.30. The Hall–Kier alpha value is -2.41. The second-order valence-electron chi connectivity index (χ2n) is 9.30. The minimum absolute atomic E-state index is 0.0379.